The van der Waals surface area contributed by atoms with Gasteiger partial charge in [-0.25, -0.2) is 0 Å². The van der Waals surface area contributed by atoms with E-state index >= 15 is 0 Å². The number of esters is 1. The summed E-state index contributed by atoms with van der Waals surface area (Å²) in [6.07, 6.45) is 7.32. The number of aliphatic hydroxyl groups is 1. The minimum Gasteiger partial charge on any atom is -0.466 e. The number of carbonyl (C=O) groups is 1. The van der Waals surface area contributed by atoms with Crippen molar-refractivity contribution in [2.45, 2.75) is 71.3 Å². The summed E-state index contributed by atoms with van der Waals surface area (Å²) >= 11 is 0. The van der Waals surface area contributed by atoms with Gasteiger partial charge >= 0.3 is 5.97 Å². The standard InChI is InChI=1S/C13H26O3/c1-3-4-11-16-13(15)10-8-6-5-7-9-12(2)14/h12,14H,3-11H2,1-2H3/t12-/m1/s1. The number of hydrogen-bond donors (Lipinski definition) is 1. The van der Waals surface area contributed by atoms with E-state index in [4.69, 9.17) is 9.84 Å². The fourth-order valence-electron chi connectivity index (χ4n) is 1.47. The summed E-state index contributed by atoms with van der Waals surface area (Å²) in [5.41, 5.74) is 0. The summed E-state index contributed by atoms with van der Waals surface area (Å²) in [4.78, 5) is 11.2. The van der Waals surface area contributed by atoms with Crippen molar-refractivity contribution in [2.75, 3.05) is 6.61 Å². The summed E-state index contributed by atoms with van der Waals surface area (Å²) in [6.45, 7) is 4.46. The highest BCUT2D eigenvalue weighted by Gasteiger charge is 2.02. The van der Waals surface area contributed by atoms with Gasteiger partial charge in [0, 0.05) is 6.42 Å². The molecule has 3 nitrogen and oxygen atoms in total. The second-order valence-corrected chi connectivity index (χ2v) is 4.38. The fraction of sp³-hybridized carbons (Fsp3) is 0.923. The highest BCUT2D eigenvalue weighted by molar-refractivity contribution is 5.69. The van der Waals surface area contributed by atoms with Crippen LogP contribution in [0.25, 0.3) is 0 Å². The van der Waals surface area contributed by atoms with Crippen molar-refractivity contribution in [3.05, 3.63) is 0 Å². The Labute approximate surface area is 99.2 Å². The SMILES string of the molecule is CCCCOC(=O)CCCCCC[C@@H](C)O. The maximum atomic E-state index is 11.2. The summed E-state index contributed by atoms with van der Waals surface area (Å²) < 4.78 is 5.05. The van der Waals surface area contributed by atoms with Gasteiger partial charge in [0.25, 0.3) is 0 Å². The van der Waals surface area contributed by atoms with Gasteiger partial charge in [0.1, 0.15) is 0 Å². The average Bonchev–Trinajstić information content (AvgIpc) is 2.23. The van der Waals surface area contributed by atoms with E-state index in [1.807, 2.05) is 6.92 Å². The molecule has 0 fully saturated rings. The summed E-state index contributed by atoms with van der Waals surface area (Å²) in [5, 5.41) is 9.04. The Morgan fingerprint density at radius 2 is 1.88 bits per heavy atom. The second-order valence-electron chi connectivity index (χ2n) is 4.38. The maximum absolute atomic E-state index is 11.2. The van der Waals surface area contributed by atoms with Crippen molar-refractivity contribution in [1.29, 1.82) is 0 Å². The van der Waals surface area contributed by atoms with Crippen molar-refractivity contribution in [3.63, 3.8) is 0 Å². The highest BCUT2D eigenvalue weighted by atomic mass is 16.5. The molecule has 0 aliphatic rings. The molecule has 0 aromatic carbocycles. The zero-order valence-corrected chi connectivity index (χ0v) is 10.7. The molecule has 3 heteroatoms. The molecule has 0 aromatic heterocycles. The Kier molecular flexibility index (Phi) is 10.5. The number of aliphatic hydroxyl groups excluding tert-OH is 1. The van der Waals surface area contributed by atoms with Gasteiger partial charge in [-0.15, -0.1) is 0 Å². The van der Waals surface area contributed by atoms with Gasteiger partial charge in [-0.05, 0) is 26.2 Å². The molecule has 0 radical (unpaired) electrons. The van der Waals surface area contributed by atoms with Crippen LogP contribution in [0, 0.1) is 0 Å². The third-order valence-corrected chi connectivity index (χ3v) is 2.51. The summed E-state index contributed by atoms with van der Waals surface area (Å²) in [7, 11) is 0. The number of ether oxygens (including phenoxy) is 1. The van der Waals surface area contributed by atoms with E-state index in [9.17, 15) is 4.79 Å². The Bertz CT molecular complexity index is 167. The molecule has 0 aromatic rings. The number of unbranched alkanes of at least 4 members (excludes halogenated alkanes) is 4. The lowest BCUT2D eigenvalue weighted by molar-refractivity contribution is -0.143. The van der Waals surface area contributed by atoms with Crippen LogP contribution in [0.2, 0.25) is 0 Å². The highest BCUT2D eigenvalue weighted by Crippen LogP contribution is 2.07. The molecule has 0 unspecified atom stereocenters. The Hall–Kier alpha value is -0.570. The topological polar surface area (TPSA) is 46.5 Å². The predicted octanol–water partition coefficient (Wildman–Crippen LogP) is 3.05. The van der Waals surface area contributed by atoms with E-state index in [0.717, 1.165) is 44.9 Å². The van der Waals surface area contributed by atoms with Crippen molar-refractivity contribution < 1.29 is 14.6 Å². The third-order valence-electron chi connectivity index (χ3n) is 2.51. The first-order valence-electron chi connectivity index (χ1n) is 6.50. The lowest BCUT2D eigenvalue weighted by Gasteiger charge is -2.05. The van der Waals surface area contributed by atoms with E-state index in [1.54, 1.807) is 0 Å². The molecule has 0 aliphatic heterocycles. The van der Waals surface area contributed by atoms with Gasteiger partial charge in [0.05, 0.1) is 12.7 Å². The molecule has 0 saturated carbocycles. The van der Waals surface area contributed by atoms with Crippen LogP contribution in [0.1, 0.15) is 65.2 Å². The van der Waals surface area contributed by atoms with Gasteiger partial charge in [-0.1, -0.05) is 32.6 Å². The van der Waals surface area contributed by atoms with Crippen LogP contribution in [0.3, 0.4) is 0 Å². The van der Waals surface area contributed by atoms with Crippen LogP contribution in [0.4, 0.5) is 0 Å². The Morgan fingerprint density at radius 1 is 1.19 bits per heavy atom. The largest absolute Gasteiger partial charge is 0.466 e. The second kappa shape index (κ2) is 10.9. The van der Waals surface area contributed by atoms with Gasteiger partial charge in [0.2, 0.25) is 0 Å². The number of hydrogen-bond acceptors (Lipinski definition) is 3. The molecular weight excluding hydrogens is 204 g/mol. The number of rotatable bonds is 10. The molecule has 0 amide bonds. The number of carbonyl (C=O) groups excluding carboxylic acids is 1. The summed E-state index contributed by atoms with van der Waals surface area (Å²) in [6, 6.07) is 0. The van der Waals surface area contributed by atoms with E-state index in [0.29, 0.717) is 13.0 Å². The van der Waals surface area contributed by atoms with Crippen molar-refractivity contribution >= 4 is 5.97 Å². The molecular formula is C13H26O3. The molecule has 0 saturated heterocycles. The zero-order chi connectivity index (χ0) is 12.2. The Morgan fingerprint density at radius 3 is 2.50 bits per heavy atom. The zero-order valence-electron chi connectivity index (χ0n) is 10.7. The van der Waals surface area contributed by atoms with Crippen LogP contribution in [-0.4, -0.2) is 23.8 Å². The van der Waals surface area contributed by atoms with Crippen LogP contribution in [-0.2, 0) is 9.53 Å². The summed E-state index contributed by atoms with van der Waals surface area (Å²) in [5.74, 6) is -0.0658. The minimum absolute atomic E-state index is 0.0658. The predicted molar refractivity (Wildman–Crippen MR) is 65.2 cm³/mol. The van der Waals surface area contributed by atoms with E-state index in [2.05, 4.69) is 6.92 Å². The average molecular weight is 230 g/mol. The molecule has 0 bridgehead atoms. The van der Waals surface area contributed by atoms with Gasteiger partial charge in [-0.2, -0.15) is 0 Å². The molecule has 1 atom stereocenters. The lowest BCUT2D eigenvalue weighted by atomic mass is 10.1. The van der Waals surface area contributed by atoms with Crippen LogP contribution in [0.5, 0.6) is 0 Å². The van der Waals surface area contributed by atoms with Crippen molar-refractivity contribution in [3.8, 4) is 0 Å². The van der Waals surface area contributed by atoms with Crippen LogP contribution >= 0.6 is 0 Å². The lowest BCUT2D eigenvalue weighted by Crippen LogP contribution is -2.05. The van der Waals surface area contributed by atoms with E-state index < -0.39 is 0 Å². The first kappa shape index (κ1) is 15.4. The minimum atomic E-state index is -0.195. The van der Waals surface area contributed by atoms with Gasteiger partial charge in [0.15, 0.2) is 0 Å². The maximum Gasteiger partial charge on any atom is 0.305 e. The first-order valence-corrected chi connectivity index (χ1v) is 6.50. The van der Waals surface area contributed by atoms with E-state index in [1.165, 1.54) is 0 Å². The van der Waals surface area contributed by atoms with Crippen molar-refractivity contribution in [2.24, 2.45) is 0 Å². The molecule has 16 heavy (non-hydrogen) atoms. The van der Waals surface area contributed by atoms with E-state index in [-0.39, 0.29) is 12.1 Å². The molecule has 1 N–H and O–H groups in total. The quantitative estimate of drug-likeness (QED) is 0.463. The van der Waals surface area contributed by atoms with Crippen LogP contribution < -0.4 is 0 Å². The van der Waals surface area contributed by atoms with Gasteiger partial charge in [-0.3, -0.25) is 4.79 Å². The first-order chi connectivity index (χ1) is 7.66. The molecule has 0 rings (SSSR count). The molecule has 0 aliphatic carbocycles. The fourth-order valence-corrected chi connectivity index (χ4v) is 1.47. The van der Waals surface area contributed by atoms with Crippen molar-refractivity contribution in [1.82, 2.24) is 0 Å². The van der Waals surface area contributed by atoms with Crippen LogP contribution in [0.15, 0.2) is 0 Å². The normalized spacial score (nSPS) is 12.4. The molecule has 0 spiro atoms. The monoisotopic (exact) mass is 230 g/mol. The molecule has 0 heterocycles. The molecule has 96 valence electrons. The Balaban J connectivity index is 3.15. The van der Waals surface area contributed by atoms with Gasteiger partial charge < -0.3 is 9.84 Å². The third kappa shape index (κ3) is 11.5. The smallest absolute Gasteiger partial charge is 0.305 e.